The molecule has 1 aliphatic rings. The van der Waals surface area contributed by atoms with E-state index in [2.05, 4.69) is 24.5 Å². The third kappa shape index (κ3) is 15.5. The Bertz CT molecular complexity index is 907. The normalized spacial score (nSPS) is 20.8. The molecule has 0 aromatic rings. The Morgan fingerprint density at radius 1 is 1.05 bits per heavy atom. The summed E-state index contributed by atoms with van der Waals surface area (Å²) in [6, 6.07) is -0.972. The van der Waals surface area contributed by atoms with Crippen molar-refractivity contribution in [2.75, 3.05) is 24.6 Å². The van der Waals surface area contributed by atoms with Gasteiger partial charge in [0.2, 0.25) is 11.8 Å². The van der Waals surface area contributed by atoms with Crippen LogP contribution in [0.15, 0.2) is 0 Å². The molecule has 5 atom stereocenters. The number of carbonyl (C=O) groups is 5. The standard InChI is InChI=1S/C30H53N3O8S2/c1-6-30(5,23-11-7-10-22(20(2)3)18-25(23)40-27(36)12-8-15-31)41-28(37)13-9-16-32-26(35)14-17-42-43-19-24(29(38)39)33-21(4)34/h20,22-25H,6-19,31H2,1-5H3,(H,32,35)(H,33,34)(H,38,39). The van der Waals surface area contributed by atoms with Gasteiger partial charge in [0, 0.05) is 50.2 Å². The molecule has 2 amide bonds. The van der Waals surface area contributed by atoms with Gasteiger partial charge in [-0.25, -0.2) is 4.79 Å². The first-order valence-electron chi connectivity index (χ1n) is 15.4. The van der Waals surface area contributed by atoms with Gasteiger partial charge in [-0.05, 0) is 57.4 Å². The van der Waals surface area contributed by atoms with Gasteiger partial charge >= 0.3 is 17.9 Å². The zero-order valence-electron chi connectivity index (χ0n) is 26.5. The summed E-state index contributed by atoms with van der Waals surface area (Å²) in [7, 11) is 2.64. The van der Waals surface area contributed by atoms with Crippen LogP contribution < -0.4 is 16.4 Å². The van der Waals surface area contributed by atoms with Crippen molar-refractivity contribution in [1.29, 1.82) is 0 Å². The Balaban J connectivity index is 2.55. The van der Waals surface area contributed by atoms with Gasteiger partial charge in [-0.3, -0.25) is 19.2 Å². The van der Waals surface area contributed by atoms with Crippen LogP contribution in [0.3, 0.4) is 0 Å². The minimum absolute atomic E-state index is 0.105. The molecule has 0 spiro atoms. The maximum absolute atomic E-state index is 12.9. The smallest absolute Gasteiger partial charge is 0.327 e. The predicted molar refractivity (Wildman–Crippen MR) is 170 cm³/mol. The van der Waals surface area contributed by atoms with E-state index in [0.717, 1.165) is 25.7 Å². The molecule has 0 radical (unpaired) electrons. The molecule has 0 aliphatic heterocycles. The molecular weight excluding hydrogens is 594 g/mol. The molecule has 1 rings (SSSR count). The fraction of sp³-hybridized carbons (Fsp3) is 0.833. The third-order valence-electron chi connectivity index (χ3n) is 8.00. The minimum atomic E-state index is -1.10. The van der Waals surface area contributed by atoms with Crippen molar-refractivity contribution in [1.82, 2.24) is 10.6 Å². The molecular formula is C30H53N3O8S2. The summed E-state index contributed by atoms with van der Waals surface area (Å²) in [5.74, 6) is -0.796. The summed E-state index contributed by atoms with van der Waals surface area (Å²) in [6.45, 7) is 10.3. The van der Waals surface area contributed by atoms with Crippen LogP contribution in [-0.2, 0) is 33.4 Å². The van der Waals surface area contributed by atoms with Crippen molar-refractivity contribution in [2.45, 2.75) is 117 Å². The van der Waals surface area contributed by atoms with E-state index in [-0.39, 0.29) is 54.9 Å². The number of carbonyl (C=O) groups excluding carboxylic acids is 4. The molecule has 0 aromatic heterocycles. The maximum Gasteiger partial charge on any atom is 0.327 e. The summed E-state index contributed by atoms with van der Waals surface area (Å²) < 4.78 is 12.1. The Kier molecular flexibility index (Phi) is 18.9. The zero-order valence-corrected chi connectivity index (χ0v) is 28.1. The first kappa shape index (κ1) is 39.0. The summed E-state index contributed by atoms with van der Waals surface area (Å²) in [4.78, 5) is 59.9. The van der Waals surface area contributed by atoms with Gasteiger partial charge in [0.05, 0.1) is 0 Å². The van der Waals surface area contributed by atoms with Gasteiger partial charge in [-0.1, -0.05) is 55.2 Å². The first-order chi connectivity index (χ1) is 20.3. The maximum atomic E-state index is 12.9. The Labute approximate surface area is 264 Å². The molecule has 1 saturated carbocycles. The van der Waals surface area contributed by atoms with Gasteiger partial charge in [0.15, 0.2) is 0 Å². The van der Waals surface area contributed by atoms with Crippen molar-refractivity contribution in [3.05, 3.63) is 0 Å². The Morgan fingerprint density at radius 2 is 1.74 bits per heavy atom. The van der Waals surface area contributed by atoms with Gasteiger partial charge in [0.25, 0.3) is 0 Å². The second kappa shape index (κ2) is 20.9. The highest BCUT2D eigenvalue weighted by molar-refractivity contribution is 8.76. The van der Waals surface area contributed by atoms with Crippen LogP contribution in [0.2, 0.25) is 0 Å². The van der Waals surface area contributed by atoms with E-state index in [1.54, 1.807) is 0 Å². The van der Waals surface area contributed by atoms with Gasteiger partial charge in [-0.2, -0.15) is 0 Å². The number of carboxylic acid groups (broad SMARTS) is 1. The molecule has 0 bridgehead atoms. The number of esters is 2. The van der Waals surface area contributed by atoms with Crippen LogP contribution >= 0.6 is 21.6 Å². The number of hydrogen-bond acceptors (Lipinski definition) is 10. The average Bonchev–Trinajstić information content (AvgIpc) is 3.16. The third-order valence-corrected chi connectivity index (χ3v) is 10.4. The Hall–Kier alpha value is -1.99. The molecule has 13 heteroatoms. The lowest BCUT2D eigenvalue weighted by Crippen LogP contribution is -2.46. The first-order valence-corrected chi connectivity index (χ1v) is 17.9. The minimum Gasteiger partial charge on any atom is -0.480 e. The van der Waals surface area contributed by atoms with E-state index in [9.17, 15) is 24.0 Å². The highest BCUT2D eigenvalue weighted by Crippen LogP contribution is 2.41. The SMILES string of the molecule is CCC(C)(OC(=O)CCCNC(=O)CCSSCC(NC(C)=O)C(=O)O)C1CCCC(C(C)C)CC1OC(=O)CCCN. The van der Waals surface area contributed by atoms with E-state index in [1.807, 2.05) is 13.8 Å². The molecule has 5 N–H and O–H groups in total. The molecule has 0 heterocycles. The lowest BCUT2D eigenvalue weighted by atomic mass is 9.78. The zero-order chi connectivity index (χ0) is 32.4. The quantitative estimate of drug-likeness (QED) is 0.0649. The number of hydrogen-bond donors (Lipinski definition) is 4. The van der Waals surface area contributed by atoms with Crippen LogP contribution in [0, 0.1) is 17.8 Å². The highest BCUT2D eigenvalue weighted by Gasteiger charge is 2.45. The lowest BCUT2D eigenvalue weighted by molar-refractivity contribution is -0.177. The topological polar surface area (TPSA) is 174 Å². The van der Waals surface area contributed by atoms with Crippen LogP contribution in [0.1, 0.15) is 98.8 Å². The number of aliphatic carboxylic acids is 1. The van der Waals surface area contributed by atoms with Gasteiger partial charge < -0.3 is 30.9 Å². The van der Waals surface area contributed by atoms with E-state index in [0.29, 0.717) is 49.9 Å². The van der Waals surface area contributed by atoms with Crippen molar-refractivity contribution in [3.8, 4) is 0 Å². The molecule has 11 nitrogen and oxygen atoms in total. The molecule has 5 unspecified atom stereocenters. The number of nitrogens with one attached hydrogen (secondary N) is 2. The van der Waals surface area contributed by atoms with Crippen LogP contribution in [0.5, 0.6) is 0 Å². The van der Waals surface area contributed by atoms with Crippen molar-refractivity contribution < 1.29 is 38.6 Å². The number of ether oxygens (including phenoxy) is 2. The molecule has 248 valence electrons. The van der Waals surface area contributed by atoms with Gasteiger partial charge in [-0.15, -0.1) is 0 Å². The Morgan fingerprint density at radius 3 is 2.35 bits per heavy atom. The number of carboxylic acids is 1. The second-order valence-corrected chi connectivity index (χ2v) is 14.4. The summed E-state index contributed by atoms with van der Waals surface area (Å²) >= 11 is 0. The van der Waals surface area contributed by atoms with Crippen molar-refractivity contribution in [2.24, 2.45) is 23.5 Å². The van der Waals surface area contributed by atoms with E-state index >= 15 is 0 Å². The predicted octanol–water partition coefficient (Wildman–Crippen LogP) is 4.07. The fourth-order valence-electron chi connectivity index (χ4n) is 5.27. The summed E-state index contributed by atoms with van der Waals surface area (Å²) in [5, 5.41) is 14.3. The monoisotopic (exact) mass is 647 g/mol. The largest absolute Gasteiger partial charge is 0.480 e. The lowest BCUT2D eigenvalue weighted by Gasteiger charge is -2.40. The van der Waals surface area contributed by atoms with E-state index in [4.69, 9.17) is 20.3 Å². The van der Waals surface area contributed by atoms with Gasteiger partial charge in [0.1, 0.15) is 17.7 Å². The van der Waals surface area contributed by atoms with Crippen LogP contribution in [0.25, 0.3) is 0 Å². The van der Waals surface area contributed by atoms with Crippen molar-refractivity contribution in [3.63, 3.8) is 0 Å². The molecule has 0 aromatic carbocycles. The summed E-state index contributed by atoms with van der Waals surface area (Å²) in [6.07, 6.45) is 5.56. The molecule has 0 saturated heterocycles. The highest BCUT2D eigenvalue weighted by atomic mass is 33.1. The van der Waals surface area contributed by atoms with Crippen LogP contribution in [-0.4, -0.2) is 77.2 Å². The number of amides is 2. The molecule has 43 heavy (non-hydrogen) atoms. The number of nitrogens with two attached hydrogens (primary N) is 1. The fourth-order valence-corrected chi connectivity index (χ4v) is 7.42. The molecule has 1 fully saturated rings. The van der Waals surface area contributed by atoms with Crippen LogP contribution in [0.4, 0.5) is 0 Å². The number of rotatable bonds is 20. The molecule has 1 aliphatic carbocycles. The van der Waals surface area contributed by atoms with E-state index < -0.39 is 23.5 Å². The average molecular weight is 648 g/mol. The summed E-state index contributed by atoms with van der Waals surface area (Å²) in [5.41, 5.74) is 4.80. The second-order valence-electron chi connectivity index (χ2n) is 11.7. The van der Waals surface area contributed by atoms with E-state index in [1.165, 1.54) is 28.5 Å². The van der Waals surface area contributed by atoms with Crippen molar-refractivity contribution >= 4 is 51.3 Å².